The number of carbonyl (C=O) groups excluding carboxylic acids is 1. The predicted molar refractivity (Wildman–Crippen MR) is 66.8 cm³/mol. The molecule has 2 fully saturated rings. The number of carbonyl (C=O) groups is 1. The fourth-order valence-electron chi connectivity index (χ4n) is 3.43. The van der Waals surface area contributed by atoms with Gasteiger partial charge in [0.1, 0.15) is 5.69 Å². The average Bonchev–Trinajstić information content (AvgIpc) is 2.60. The van der Waals surface area contributed by atoms with Crippen LogP contribution in [0.3, 0.4) is 0 Å². The molecule has 2 aliphatic rings. The number of hydrogen-bond acceptors (Lipinski definition) is 4. The number of nitrogens with one attached hydrogen (secondary N) is 1. The number of hydrogen-bond donors (Lipinski definition) is 2. The van der Waals surface area contributed by atoms with Crippen LogP contribution < -0.4 is 11.1 Å². The fourth-order valence-corrected chi connectivity index (χ4v) is 3.43. The van der Waals surface area contributed by atoms with E-state index in [1.807, 2.05) is 0 Å². The molecule has 0 radical (unpaired) electrons. The lowest BCUT2D eigenvalue weighted by atomic mass is 9.79. The smallest absolute Gasteiger partial charge is 0.271 e. The van der Waals surface area contributed by atoms with E-state index in [1.165, 1.54) is 12.4 Å². The maximum Gasteiger partial charge on any atom is 0.271 e. The Morgan fingerprint density at radius 2 is 2.17 bits per heavy atom. The van der Waals surface area contributed by atoms with Crippen LogP contribution in [0.4, 0.5) is 0 Å². The van der Waals surface area contributed by atoms with Crippen LogP contribution in [-0.2, 0) is 0 Å². The molecule has 5 nitrogen and oxygen atoms in total. The highest BCUT2D eigenvalue weighted by Gasteiger charge is 2.49. The molecule has 2 aliphatic carbocycles. The minimum atomic E-state index is -0.130. The van der Waals surface area contributed by atoms with Crippen molar-refractivity contribution in [1.29, 1.82) is 0 Å². The van der Waals surface area contributed by atoms with Crippen LogP contribution in [0.2, 0.25) is 0 Å². The van der Waals surface area contributed by atoms with Crippen molar-refractivity contribution in [3.8, 4) is 0 Å². The summed E-state index contributed by atoms with van der Waals surface area (Å²) < 4.78 is 0. The average molecular weight is 246 g/mol. The number of rotatable bonds is 2. The molecule has 2 saturated carbocycles. The van der Waals surface area contributed by atoms with E-state index < -0.39 is 0 Å². The van der Waals surface area contributed by atoms with Crippen molar-refractivity contribution in [1.82, 2.24) is 15.3 Å². The van der Waals surface area contributed by atoms with Gasteiger partial charge in [-0.2, -0.15) is 0 Å². The summed E-state index contributed by atoms with van der Waals surface area (Å²) in [6.45, 7) is 0. The fraction of sp³-hybridized carbons (Fsp3) is 0.615. The van der Waals surface area contributed by atoms with Crippen molar-refractivity contribution in [2.24, 2.45) is 5.73 Å². The number of amides is 1. The first-order valence-electron chi connectivity index (χ1n) is 6.48. The van der Waals surface area contributed by atoms with E-state index in [0.29, 0.717) is 5.69 Å². The number of fused-ring (bicyclic) bond motifs is 2. The molecule has 1 heterocycles. The predicted octanol–water partition coefficient (Wildman–Crippen LogP) is 1.01. The number of nitrogens with two attached hydrogens (primary N) is 1. The highest BCUT2D eigenvalue weighted by Crippen LogP contribution is 2.46. The summed E-state index contributed by atoms with van der Waals surface area (Å²) in [6.07, 6.45) is 10.7. The molecule has 0 aromatic carbocycles. The molecule has 2 unspecified atom stereocenters. The molecule has 2 bridgehead atoms. The first kappa shape index (κ1) is 11.6. The zero-order chi connectivity index (χ0) is 12.6. The Labute approximate surface area is 106 Å². The molecule has 0 spiro atoms. The van der Waals surface area contributed by atoms with Crippen LogP contribution in [-0.4, -0.2) is 27.0 Å². The summed E-state index contributed by atoms with van der Waals surface area (Å²) in [7, 11) is 0. The van der Waals surface area contributed by atoms with Crippen molar-refractivity contribution in [2.45, 2.75) is 49.6 Å². The number of aromatic nitrogens is 2. The van der Waals surface area contributed by atoms with Crippen LogP contribution in [0.1, 0.15) is 49.0 Å². The standard InChI is InChI=1S/C13H18N4O/c14-12-2-1-3-13(9-12,5-4-12)17-11(18)10-8-15-6-7-16-10/h6-8H,1-5,9,14H2,(H,17,18). The molecule has 1 aromatic rings. The lowest BCUT2D eigenvalue weighted by molar-refractivity contribution is 0.0871. The maximum atomic E-state index is 12.1. The van der Waals surface area contributed by atoms with Gasteiger partial charge in [-0.3, -0.25) is 9.78 Å². The second kappa shape index (κ2) is 4.02. The first-order valence-corrected chi connectivity index (χ1v) is 6.48. The Hall–Kier alpha value is -1.49. The SMILES string of the molecule is NC12CCCC(NC(=O)c3cnccn3)(CC1)C2. The number of nitrogens with zero attached hydrogens (tertiary/aromatic N) is 2. The van der Waals surface area contributed by atoms with E-state index in [9.17, 15) is 4.79 Å². The molecular weight excluding hydrogens is 228 g/mol. The van der Waals surface area contributed by atoms with Gasteiger partial charge in [-0.25, -0.2) is 4.98 Å². The van der Waals surface area contributed by atoms with Crippen molar-refractivity contribution in [3.05, 3.63) is 24.3 Å². The molecule has 96 valence electrons. The molecule has 3 N–H and O–H groups in total. The monoisotopic (exact) mass is 246 g/mol. The third-order valence-corrected chi connectivity index (χ3v) is 4.30. The molecule has 5 heteroatoms. The molecule has 18 heavy (non-hydrogen) atoms. The van der Waals surface area contributed by atoms with Gasteiger partial charge in [0.15, 0.2) is 0 Å². The molecule has 1 amide bonds. The third-order valence-electron chi connectivity index (χ3n) is 4.30. The summed E-state index contributed by atoms with van der Waals surface area (Å²) in [5.74, 6) is -0.130. The van der Waals surface area contributed by atoms with Gasteiger partial charge in [0.25, 0.3) is 5.91 Å². The summed E-state index contributed by atoms with van der Waals surface area (Å²) in [5.41, 5.74) is 6.53. The topological polar surface area (TPSA) is 80.9 Å². The molecule has 2 atom stereocenters. The van der Waals surface area contributed by atoms with Gasteiger partial charge in [0.05, 0.1) is 6.20 Å². The summed E-state index contributed by atoms with van der Waals surface area (Å²) >= 11 is 0. The van der Waals surface area contributed by atoms with Crippen LogP contribution in [0, 0.1) is 0 Å². The van der Waals surface area contributed by atoms with Crippen LogP contribution in [0.15, 0.2) is 18.6 Å². The Morgan fingerprint density at radius 3 is 2.94 bits per heavy atom. The molecular formula is C13H18N4O. The second-order valence-corrected chi connectivity index (χ2v) is 5.72. The van der Waals surface area contributed by atoms with Crippen LogP contribution >= 0.6 is 0 Å². The normalized spacial score (nSPS) is 34.3. The quantitative estimate of drug-likeness (QED) is 0.816. The zero-order valence-electron chi connectivity index (χ0n) is 10.4. The van der Waals surface area contributed by atoms with E-state index in [2.05, 4.69) is 15.3 Å². The van der Waals surface area contributed by atoms with Crippen LogP contribution in [0.25, 0.3) is 0 Å². The minimum absolute atomic E-state index is 0.0616. The van der Waals surface area contributed by atoms with Crippen LogP contribution in [0.5, 0.6) is 0 Å². The van der Waals surface area contributed by atoms with Crippen molar-refractivity contribution in [2.75, 3.05) is 0 Å². The first-order chi connectivity index (χ1) is 8.61. The summed E-state index contributed by atoms with van der Waals surface area (Å²) in [5, 5.41) is 3.14. The van der Waals surface area contributed by atoms with E-state index in [4.69, 9.17) is 5.73 Å². The minimum Gasteiger partial charge on any atom is -0.345 e. The Morgan fingerprint density at radius 1 is 1.28 bits per heavy atom. The van der Waals surface area contributed by atoms with Crippen molar-refractivity contribution >= 4 is 5.91 Å². The van der Waals surface area contributed by atoms with Gasteiger partial charge in [-0.05, 0) is 38.5 Å². The lowest BCUT2D eigenvalue weighted by Crippen LogP contribution is -2.52. The van der Waals surface area contributed by atoms with E-state index in [-0.39, 0.29) is 17.0 Å². The van der Waals surface area contributed by atoms with Gasteiger partial charge < -0.3 is 11.1 Å². The van der Waals surface area contributed by atoms with Gasteiger partial charge in [0.2, 0.25) is 0 Å². The third kappa shape index (κ3) is 1.99. The molecule has 0 saturated heterocycles. The van der Waals surface area contributed by atoms with Gasteiger partial charge in [0, 0.05) is 23.5 Å². The van der Waals surface area contributed by atoms with Gasteiger partial charge in [-0.15, -0.1) is 0 Å². The van der Waals surface area contributed by atoms with E-state index >= 15 is 0 Å². The molecule has 0 aliphatic heterocycles. The highest BCUT2D eigenvalue weighted by molar-refractivity contribution is 5.92. The lowest BCUT2D eigenvalue weighted by Gasteiger charge is -2.37. The molecule has 1 aromatic heterocycles. The Bertz CT molecular complexity index is 463. The maximum absolute atomic E-state index is 12.1. The van der Waals surface area contributed by atoms with Gasteiger partial charge >= 0.3 is 0 Å². The van der Waals surface area contributed by atoms with Gasteiger partial charge in [-0.1, -0.05) is 0 Å². The second-order valence-electron chi connectivity index (χ2n) is 5.72. The Kier molecular flexibility index (Phi) is 2.59. The van der Waals surface area contributed by atoms with Crippen molar-refractivity contribution in [3.63, 3.8) is 0 Å². The molecule has 3 rings (SSSR count). The van der Waals surface area contributed by atoms with E-state index in [0.717, 1.165) is 38.5 Å². The summed E-state index contributed by atoms with van der Waals surface area (Å²) in [4.78, 5) is 20.1. The zero-order valence-corrected chi connectivity index (χ0v) is 10.4. The Balaban J connectivity index is 1.75. The van der Waals surface area contributed by atoms with E-state index in [1.54, 1.807) is 6.20 Å². The summed E-state index contributed by atoms with van der Waals surface area (Å²) in [6, 6.07) is 0. The highest BCUT2D eigenvalue weighted by atomic mass is 16.2. The largest absolute Gasteiger partial charge is 0.345 e. The van der Waals surface area contributed by atoms with Crippen molar-refractivity contribution < 1.29 is 4.79 Å².